The zero-order chi connectivity index (χ0) is 0. The van der Waals surface area contributed by atoms with E-state index in [0.29, 0.717) is 0 Å². The van der Waals surface area contributed by atoms with Crippen molar-refractivity contribution in [2.24, 2.45) is 0 Å². The first kappa shape index (κ1) is 550. The van der Waals surface area contributed by atoms with Gasteiger partial charge in [-0.3, -0.25) is 0 Å². The van der Waals surface area contributed by atoms with Crippen LogP contribution >= 0.6 is 0 Å². The van der Waals surface area contributed by atoms with Crippen LogP contribution in [0.4, 0.5) is 0 Å². The van der Waals surface area contributed by atoms with Crippen LogP contribution in [0.5, 0.6) is 0 Å². The second kappa shape index (κ2) is 349. The molecule has 52 valence electrons. The molecule has 0 aromatic rings. The van der Waals surface area contributed by atoms with Crippen molar-refractivity contribution in [3.8, 4) is 0 Å². The Morgan fingerprint density at radius 3 is 0.286 bits per heavy atom. The summed E-state index contributed by atoms with van der Waals surface area (Å²) in [6, 6.07) is 0. The predicted molar refractivity (Wildman–Crippen MR) is 11.6 cm³/mol. The van der Waals surface area contributed by atoms with Gasteiger partial charge in [0.2, 0.25) is 0 Å². The topological polar surface area (TPSA) is 180 Å². The van der Waals surface area contributed by atoms with E-state index >= 15 is 0 Å². The summed E-state index contributed by atoms with van der Waals surface area (Å²) in [7, 11) is 0. The molecule has 0 spiro atoms. The van der Waals surface area contributed by atoms with Gasteiger partial charge >= 0.3 is 0 Å². The van der Waals surface area contributed by atoms with Crippen LogP contribution in [0.15, 0.2) is 0 Å². The van der Waals surface area contributed by atoms with Crippen LogP contribution in [-0.2, 0) is 0 Å². The van der Waals surface area contributed by atoms with Gasteiger partial charge in [-0.15, -0.1) is 0 Å². The van der Waals surface area contributed by atoms with E-state index in [1.54, 1.807) is 0 Å². The molecule has 0 saturated carbocycles. The fraction of sp³-hybridized carbons (Fsp3) is 0. The van der Waals surface area contributed by atoms with E-state index in [0.717, 1.165) is 0 Å². The zero-order valence-electron chi connectivity index (χ0n) is 3.18. The van der Waals surface area contributed by atoms with Crippen LogP contribution in [0.25, 0.3) is 0 Å². The molecule has 7 heavy (non-hydrogen) atoms. The largest absolute Gasteiger partial charge is 0.870 e. The van der Waals surface area contributed by atoms with Crippen LogP contribution in [0, 0.1) is 31.1 Å². The Balaban J connectivity index is 0. The quantitative estimate of drug-likeness (QED) is 0.541. The molecule has 6 nitrogen and oxygen atoms in total. The second-order valence-corrected chi connectivity index (χ2v) is 0. The Kier molecular flexibility index (Phi) is 27400. The third-order valence-corrected chi connectivity index (χ3v) is 0. The van der Waals surface area contributed by atoms with Crippen LogP contribution < -0.4 is 0 Å². The maximum Gasteiger partial charge on any atom is 0 e. The molecular weight excluding hydrogens is 334 g/mol. The Hall–Kier alpha value is 0.812. The van der Waals surface area contributed by atoms with Crippen LogP contribution in [0.1, 0.15) is 0 Å². The van der Waals surface area contributed by atoms with Crippen molar-refractivity contribution in [1.82, 2.24) is 0 Å². The van der Waals surface area contributed by atoms with E-state index in [-0.39, 0.29) is 64.0 Å². The minimum Gasteiger partial charge on any atom is -0.870 e. The van der Waals surface area contributed by atoms with Crippen molar-refractivity contribution in [3.63, 3.8) is 0 Å². The van der Waals surface area contributed by atoms with Gasteiger partial charge in [0.25, 0.3) is 0 Å². The summed E-state index contributed by atoms with van der Waals surface area (Å²) >= 11 is 0. The average molecular weight is 340 g/mol. The number of rotatable bonds is 0. The summed E-state index contributed by atoms with van der Waals surface area (Å²) in [6.45, 7) is 0. The van der Waals surface area contributed by atoms with Crippen LogP contribution in [0.2, 0.25) is 0 Å². The molecule has 0 rings (SSSR count). The monoisotopic (exact) mass is 340 g/mol. The van der Waals surface area contributed by atoms with Crippen molar-refractivity contribution in [2.45, 2.75) is 0 Å². The smallest absolute Gasteiger partial charge is 0 e. The minimum absolute atomic E-state index is 0. The summed E-state index contributed by atoms with van der Waals surface area (Å²) in [5, 5.41) is 0. The molecule has 0 atom stereocenters. The average Bonchev–Trinajstić information content (AvgIpc) is 0. The summed E-state index contributed by atoms with van der Waals surface area (Å²) in [4.78, 5) is 0. The normalized spacial score (nSPS) is 0. The van der Waals surface area contributed by atoms with Gasteiger partial charge in [0, 0.05) is 31.1 Å². The summed E-state index contributed by atoms with van der Waals surface area (Å²) < 4.78 is 0. The van der Waals surface area contributed by atoms with E-state index < -0.39 is 0 Å². The first-order valence-corrected chi connectivity index (χ1v) is 0. The molecule has 0 aliphatic rings. The molecule has 0 heterocycles. The van der Waals surface area contributed by atoms with E-state index in [1.807, 2.05) is 0 Å². The van der Waals surface area contributed by atoms with Gasteiger partial charge < -0.3 is 32.9 Å². The first-order chi connectivity index (χ1) is 0. The van der Waals surface area contributed by atoms with E-state index in [4.69, 9.17) is 0 Å². The van der Waals surface area contributed by atoms with E-state index in [2.05, 4.69) is 0 Å². The molecule has 0 aromatic carbocycles. The van der Waals surface area contributed by atoms with Crippen molar-refractivity contribution in [3.05, 3.63) is 0 Å². The summed E-state index contributed by atoms with van der Waals surface area (Å²) in [6.07, 6.45) is 0. The summed E-state index contributed by atoms with van der Waals surface area (Å²) in [5.41, 5.74) is 0. The first-order valence-electron chi connectivity index (χ1n) is 0. The van der Waals surface area contributed by atoms with E-state index in [9.17, 15) is 0 Å². The number of hydrogen-bond donors (Lipinski definition) is 0. The van der Waals surface area contributed by atoms with Gasteiger partial charge in [0.1, 0.15) is 0 Å². The molecule has 0 unspecified atom stereocenters. The van der Waals surface area contributed by atoms with E-state index in [1.165, 1.54) is 0 Å². The molecule has 0 amide bonds. The maximum absolute atomic E-state index is 0. The van der Waals surface area contributed by atoms with Crippen molar-refractivity contribution >= 4 is 0 Å². The minimum atomic E-state index is 0. The molecule has 7 heteroatoms. The molecule has 0 radical (unpaired) electrons. The summed E-state index contributed by atoms with van der Waals surface area (Å²) in [5.74, 6) is 0. The molecule has 0 saturated heterocycles. The predicted octanol–water partition coefficient (Wildman–Crippen LogP) is -1.06. The molecule has 0 fully saturated rings. The van der Waals surface area contributed by atoms with Crippen molar-refractivity contribution in [1.29, 1.82) is 0 Å². The zero-order valence-corrected chi connectivity index (χ0v) is 7.35. The van der Waals surface area contributed by atoms with Crippen LogP contribution in [0.3, 0.4) is 0 Å². The van der Waals surface area contributed by atoms with Gasteiger partial charge in [0.05, 0.1) is 0 Å². The third kappa shape index (κ3) is 239. The Labute approximate surface area is 64.1 Å². The van der Waals surface area contributed by atoms with Gasteiger partial charge in [-0.2, -0.15) is 0 Å². The van der Waals surface area contributed by atoms with Gasteiger partial charge in [0.15, 0.2) is 0 Å². The second-order valence-electron chi connectivity index (χ2n) is 0. The van der Waals surface area contributed by atoms with Gasteiger partial charge in [-0.05, 0) is 0 Å². The fourth-order valence-electron chi connectivity index (χ4n) is 0. The Morgan fingerprint density at radius 2 is 0.286 bits per heavy atom. The third-order valence-electron chi connectivity index (χ3n) is 0. The standard InChI is InChI=1S/6H2O.U/h6*1H2;/p-6. The molecular formula is H6O6U-6. The maximum atomic E-state index is 0. The van der Waals surface area contributed by atoms with Crippen molar-refractivity contribution in [2.75, 3.05) is 0 Å². The SMILES string of the molecule is [OH-].[OH-].[OH-].[OH-].[OH-].[OH-].[U]. The van der Waals surface area contributed by atoms with Crippen molar-refractivity contribution < 1.29 is 64.0 Å². The Bertz CT molecular complexity index is 4.14. The molecule has 0 aliphatic heterocycles. The molecule has 6 N–H and O–H groups in total. The van der Waals surface area contributed by atoms with Crippen LogP contribution in [-0.4, -0.2) is 32.9 Å². The fourth-order valence-corrected chi connectivity index (χ4v) is 0. The molecule has 0 bridgehead atoms. The molecule has 0 aliphatic carbocycles. The Morgan fingerprint density at radius 1 is 0.286 bits per heavy atom. The number of hydrogen-bond acceptors (Lipinski definition) is 6. The van der Waals surface area contributed by atoms with Gasteiger partial charge in [-0.1, -0.05) is 0 Å². The molecule has 0 aromatic heterocycles. The van der Waals surface area contributed by atoms with Gasteiger partial charge in [-0.25, -0.2) is 0 Å².